The maximum atomic E-state index is 13.1. The van der Waals surface area contributed by atoms with Crippen LogP contribution < -0.4 is 4.74 Å². The zero-order chi connectivity index (χ0) is 25.2. The van der Waals surface area contributed by atoms with Gasteiger partial charge < -0.3 is 9.84 Å². The quantitative estimate of drug-likeness (QED) is 0.493. The Morgan fingerprint density at radius 2 is 1.47 bits per heavy atom. The summed E-state index contributed by atoms with van der Waals surface area (Å²) in [5.74, 6) is 0.354. The molecule has 7 nitrogen and oxygen atoms in total. The second-order valence-corrected chi connectivity index (χ2v) is 9.82. The predicted octanol–water partition coefficient (Wildman–Crippen LogP) is 3.11. The Kier molecular flexibility index (Phi) is 7.05. The fourth-order valence-corrected chi connectivity index (χ4v) is 5.07. The van der Waals surface area contributed by atoms with Crippen LogP contribution in [0.4, 0.5) is 0 Å². The summed E-state index contributed by atoms with van der Waals surface area (Å²) in [6.45, 7) is 9.24. The van der Waals surface area contributed by atoms with Crippen LogP contribution in [0.1, 0.15) is 31.8 Å². The van der Waals surface area contributed by atoms with Gasteiger partial charge in [0.15, 0.2) is 0 Å². The summed E-state index contributed by atoms with van der Waals surface area (Å²) >= 11 is 0. The van der Waals surface area contributed by atoms with Gasteiger partial charge in [0, 0.05) is 62.3 Å². The van der Waals surface area contributed by atoms with E-state index in [4.69, 9.17) is 4.74 Å². The largest absolute Gasteiger partial charge is 0.491 e. The summed E-state index contributed by atoms with van der Waals surface area (Å²) in [5, 5.41) is 12.1. The number of β-amino-alcohol motifs (C(OH)–C–C–N with tert-alkyl or cyclic N) is 1. The third-order valence-corrected chi connectivity index (χ3v) is 7.35. The molecule has 0 aliphatic carbocycles. The van der Waals surface area contributed by atoms with E-state index in [1.807, 2.05) is 42.5 Å². The van der Waals surface area contributed by atoms with E-state index < -0.39 is 6.10 Å². The molecule has 36 heavy (non-hydrogen) atoms. The zero-order valence-corrected chi connectivity index (χ0v) is 20.9. The predicted molar refractivity (Wildman–Crippen MR) is 140 cm³/mol. The SMILES string of the molecule is Cc1ccc(OC[C@H](O)CN2CCN(CCN3C(=O)c4cccc5cccc(c45)C3=O)CC2)cc1C. The number of aliphatic hydroxyl groups excluding tert-OH is 1. The van der Waals surface area contributed by atoms with Gasteiger partial charge in [-0.2, -0.15) is 0 Å². The minimum Gasteiger partial charge on any atom is -0.491 e. The number of piperazine rings is 1. The maximum absolute atomic E-state index is 13.1. The second kappa shape index (κ2) is 10.4. The number of ether oxygens (including phenoxy) is 1. The van der Waals surface area contributed by atoms with Crippen molar-refractivity contribution in [2.24, 2.45) is 0 Å². The van der Waals surface area contributed by atoms with Crippen molar-refractivity contribution in [3.63, 3.8) is 0 Å². The first kappa shape index (κ1) is 24.4. The lowest BCUT2D eigenvalue weighted by Crippen LogP contribution is -2.51. The fraction of sp³-hybridized carbons (Fsp3) is 0.379. The molecule has 0 aromatic heterocycles. The Hall–Kier alpha value is -3.26. The summed E-state index contributed by atoms with van der Waals surface area (Å²) in [6, 6.07) is 17.2. The highest BCUT2D eigenvalue weighted by Gasteiger charge is 2.33. The van der Waals surface area contributed by atoms with E-state index in [0.29, 0.717) is 30.8 Å². The average molecular weight is 488 g/mol. The molecule has 7 heteroatoms. The van der Waals surface area contributed by atoms with Crippen LogP contribution in [0.15, 0.2) is 54.6 Å². The zero-order valence-electron chi connectivity index (χ0n) is 20.9. The number of nitrogens with zero attached hydrogens (tertiary/aromatic N) is 3. The summed E-state index contributed by atoms with van der Waals surface area (Å²) in [6.07, 6.45) is -0.565. The molecule has 2 amide bonds. The first-order valence-electron chi connectivity index (χ1n) is 12.6. The third-order valence-electron chi connectivity index (χ3n) is 7.35. The molecule has 0 unspecified atom stereocenters. The molecule has 1 atom stereocenters. The lowest BCUT2D eigenvalue weighted by Gasteiger charge is -2.36. The topological polar surface area (TPSA) is 73.3 Å². The Bertz CT molecular complexity index is 1230. The van der Waals surface area contributed by atoms with Gasteiger partial charge in [0.1, 0.15) is 18.5 Å². The van der Waals surface area contributed by atoms with Crippen LogP contribution >= 0.6 is 0 Å². The van der Waals surface area contributed by atoms with Crippen molar-refractivity contribution in [1.29, 1.82) is 0 Å². The van der Waals surface area contributed by atoms with Gasteiger partial charge >= 0.3 is 0 Å². The summed E-state index contributed by atoms with van der Waals surface area (Å²) in [4.78, 5) is 32.1. The number of aliphatic hydroxyl groups is 1. The van der Waals surface area contributed by atoms with Crippen molar-refractivity contribution < 1.29 is 19.4 Å². The van der Waals surface area contributed by atoms with Crippen LogP contribution in [0.3, 0.4) is 0 Å². The molecule has 2 heterocycles. The highest BCUT2D eigenvalue weighted by atomic mass is 16.5. The molecule has 2 aliphatic heterocycles. The molecule has 3 aromatic carbocycles. The lowest BCUT2D eigenvalue weighted by molar-refractivity contribution is 0.0416. The molecular formula is C29H33N3O4. The number of carbonyl (C=O) groups is 2. The van der Waals surface area contributed by atoms with E-state index in [0.717, 1.165) is 42.7 Å². The summed E-state index contributed by atoms with van der Waals surface area (Å²) in [5.41, 5.74) is 3.60. The van der Waals surface area contributed by atoms with Crippen LogP contribution in [0, 0.1) is 13.8 Å². The summed E-state index contributed by atoms with van der Waals surface area (Å²) in [7, 11) is 0. The number of carbonyl (C=O) groups excluding carboxylic acids is 2. The number of hydrogen-bond acceptors (Lipinski definition) is 6. The van der Waals surface area contributed by atoms with Gasteiger partial charge in [-0.15, -0.1) is 0 Å². The number of aryl methyl sites for hydroxylation is 2. The Morgan fingerprint density at radius 1 is 0.833 bits per heavy atom. The van der Waals surface area contributed by atoms with E-state index in [2.05, 4.69) is 23.6 Å². The van der Waals surface area contributed by atoms with Crippen molar-refractivity contribution >= 4 is 22.6 Å². The van der Waals surface area contributed by atoms with Crippen LogP contribution in [0.5, 0.6) is 5.75 Å². The molecule has 188 valence electrons. The molecular weight excluding hydrogens is 454 g/mol. The van der Waals surface area contributed by atoms with Gasteiger partial charge in [-0.1, -0.05) is 30.3 Å². The highest BCUT2D eigenvalue weighted by Crippen LogP contribution is 2.29. The van der Waals surface area contributed by atoms with E-state index in [1.54, 1.807) is 12.1 Å². The van der Waals surface area contributed by atoms with Gasteiger partial charge in [0.25, 0.3) is 11.8 Å². The van der Waals surface area contributed by atoms with E-state index in [1.165, 1.54) is 16.0 Å². The number of benzene rings is 3. The van der Waals surface area contributed by atoms with Crippen molar-refractivity contribution in [2.45, 2.75) is 20.0 Å². The summed E-state index contributed by atoms with van der Waals surface area (Å²) < 4.78 is 5.78. The van der Waals surface area contributed by atoms with Gasteiger partial charge in [0.05, 0.1) is 0 Å². The van der Waals surface area contributed by atoms with Gasteiger partial charge in [0.2, 0.25) is 0 Å². The Labute approximate surface area is 211 Å². The molecule has 1 N–H and O–H groups in total. The molecule has 0 spiro atoms. The first-order valence-corrected chi connectivity index (χ1v) is 12.6. The van der Waals surface area contributed by atoms with E-state index >= 15 is 0 Å². The molecule has 1 fully saturated rings. The monoisotopic (exact) mass is 487 g/mol. The average Bonchev–Trinajstić information content (AvgIpc) is 2.88. The van der Waals surface area contributed by atoms with E-state index in [9.17, 15) is 14.7 Å². The van der Waals surface area contributed by atoms with Crippen molar-refractivity contribution in [3.8, 4) is 5.75 Å². The normalized spacial score (nSPS) is 17.6. The number of imide groups is 1. The van der Waals surface area contributed by atoms with Crippen molar-refractivity contribution in [1.82, 2.24) is 14.7 Å². The number of amides is 2. The van der Waals surface area contributed by atoms with Crippen LogP contribution in [0.2, 0.25) is 0 Å². The van der Waals surface area contributed by atoms with Crippen LogP contribution in [-0.4, -0.2) is 90.1 Å². The maximum Gasteiger partial charge on any atom is 0.261 e. The lowest BCUT2D eigenvalue weighted by atomic mass is 9.94. The molecule has 0 saturated carbocycles. The fourth-order valence-electron chi connectivity index (χ4n) is 5.07. The number of rotatable bonds is 8. The molecule has 2 aliphatic rings. The first-order chi connectivity index (χ1) is 17.4. The van der Waals surface area contributed by atoms with Crippen molar-refractivity contribution in [3.05, 3.63) is 76.9 Å². The minimum absolute atomic E-state index is 0.213. The third kappa shape index (κ3) is 5.00. The molecule has 0 bridgehead atoms. The minimum atomic E-state index is -0.565. The smallest absolute Gasteiger partial charge is 0.261 e. The highest BCUT2D eigenvalue weighted by molar-refractivity contribution is 6.25. The molecule has 5 rings (SSSR count). The molecule has 0 radical (unpaired) electrons. The van der Waals surface area contributed by atoms with Gasteiger partial charge in [-0.3, -0.25) is 24.3 Å². The van der Waals surface area contributed by atoms with Crippen molar-refractivity contribution in [2.75, 3.05) is 52.4 Å². The second-order valence-electron chi connectivity index (χ2n) is 9.82. The molecule has 3 aromatic rings. The molecule has 1 saturated heterocycles. The standard InChI is InChI=1S/C29H33N3O4/c1-20-9-10-24(17-21(20)2)36-19-23(33)18-31-13-11-30(12-14-31)15-16-32-28(34)25-7-3-5-22-6-4-8-26(27(22)25)29(32)35/h3-10,17,23,33H,11-16,18-19H2,1-2H3/t23-/m1/s1. The van der Waals surface area contributed by atoms with E-state index in [-0.39, 0.29) is 18.4 Å². The Morgan fingerprint density at radius 3 is 2.11 bits per heavy atom. The van der Waals surface area contributed by atoms with Gasteiger partial charge in [-0.25, -0.2) is 0 Å². The van der Waals surface area contributed by atoms with Crippen LogP contribution in [0.25, 0.3) is 10.8 Å². The number of hydrogen-bond donors (Lipinski definition) is 1. The van der Waals surface area contributed by atoms with Gasteiger partial charge in [-0.05, 0) is 54.6 Å². The van der Waals surface area contributed by atoms with Crippen LogP contribution in [-0.2, 0) is 0 Å². The Balaban J connectivity index is 1.09.